The van der Waals surface area contributed by atoms with Gasteiger partial charge in [0.2, 0.25) is 10.0 Å². The van der Waals surface area contributed by atoms with Crippen LogP contribution in [-0.4, -0.2) is 15.0 Å². The molecule has 116 valence electrons. The lowest BCUT2D eigenvalue weighted by atomic mass is 10.3. The van der Waals surface area contributed by atoms with Crippen LogP contribution in [0.4, 0.5) is 0 Å². The summed E-state index contributed by atoms with van der Waals surface area (Å²) >= 11 is 1.32. The van der Waals surface area contributed by atoms with Crippen molar-refractivity contribution < 1.29 is 12.8 Å². The van der Waals surface area contributed by atoms with Gasteiger partial charge in [-0.3, -0.25) is 0 Å². The Hall–Kier alpha value is -1.15. The molecular weight excluding hydrogens is 308 g/mol. The Kier molecular flexibility index (Phi) is 5.58. The summed E-state index contributed by atoms with van der Waals surface area (Å²) in [5.74, 6) is 0. The number of furan rings is 1. The van der Waals surface area contributed by atoms with Gasteiger partial charge in [-0.1, -0.05) is 6.92 Å². The lowest BCUT2D eigenvalue weighted by molar-refractivity contribution is 0.561. The normalized spacial score (nSPS) is 11.9. The first-order valence-corrected chi connectivity index (χ1v) is 9.13. The van der Waals surface area contributed by atoms with E-state index in [0.29, 0.717) is 10.8 Å². The summed E-state index contributed by atoms with van der Waals surface area (Å²) in [5.41, 5.74) is 1.81. The fourth-order valence-corrected chi connectivity index (χ4v) is 4.44. The minimum atomic E-state index is -3.47. The van der Waals surface area contributed by atoms with E-state index in [2.05, 4.69) is 17.0 Å². The van der Waals surface area contributed by atoms with Gasteiger partial charge in [0, 0.05) is 23.5 Å². The molecule has 0 aromatic carbocycles. The SMILES string of the molecule is CCCNCc1sc(S(=O)(=O)NCc2ccoc2)cc1C. The Morgan fingerprint density at radius 3 is 2.81 bits per heavy atom. The van der Waals surface area contributed by atoms with Gasteiger partial charge in [-0.15, -0.1) is 11.3 Å². The number of aryl methyl sites for hydroxylation is 1. The van der Waals surface area contributed by atoms with Crippen LogP contribution in [0.25, 0.3) is 0 Å². The predicted octanol–water partition coefficient (Wildman–Crippen LogP) is 2.63. The van der Waals surface area contributed by atoms with Crippen LogP contribution in [-0.2, 0) is 23.1 Å². The van der Waals surface area contributed by atoms with E-state index in [1.165, 1.54) is 23.9 Å². The zero-order chi connectivity index (χ0) is 15.3. The van der Waals surface area contributed by atoms with Crippen molar-refractivity contribution in [1.82, 2.24) is 10.0 Å². The van der Waals surface area contributed by atoms with Crippen molar-refractivity contribution >= 4 is 21.4 Å². The van der Waals surface area contributed by atoms with E-state index in [-0.39, 0.29) is 6.54 Å². The molecule has 2 aromatic heterocycles. The number of hydrogen-bond donors (Lipinski definition) is 2. The van der Waals surface area contributed by atoms with Gasteiger partial charge in [-0.25, -0.2) is 13.1 Å². The van der Waals surface area contributed by atoms with E-state index in [1.54, 1.807) is 12.1 Å². The van der Waals surface area contributed by atoms with Crippen molar-refractivity contribution in [3.05, 3.63) is 40.7 Å². The highest BCUT2D eigenvalue weighted by Crippen LogP contribution is 2.26. The molecule has 21 heavy (non-hydrogen) atoms. The van der Waals surface area contributed by atoms with Crippen molar-refractivity contribution in [3.8, 4) is 0 Å². The number of hydrogen-bond acceptors (Lipinski definition) is 5. The summed E-state index contributed by atoms with van der Waals surface area (Å²) < 4.78 is 32.4. The Morgan fingerprint density at radius 2 is 2.14 bits per heavy atom. The number of rotatable bonds is 8. The molecule has 2 N–H and O–H groups in total. The molecule has 0 unspecified atom stereocenters. The molecular formula is C14H20N2O3S2. The number of thiophene rings is 1. The highest BCUT2D eigenvalue weighted by molar-refractivity contribution is 7.91. The monoisotopic (exact) mass is 328 g/mol. The van der Waals surface area contributed by atoms with Crippen molar-refractivity contribution in [2.24, 2.45) is 0 Å². The van der Waals surface area contributed by atoms with E-state index < -0.39 is 10.0 Å². The third kappa shape index (κ3) is 4.41. The molecule has 2 rings (SSSR count). The highest BCUT2D eigenvalue weighted by atomic mass is 32.2. The molecule has 0 amide bonds. The fraction of sp³-hybridized carbons (Fsp3) is 0.429. The van der Waals surface area contributed by atoms with Crippen molar-refractivity contribution in [1.29, 1.82) is 0 Å². The van der Waals surface area contributed by atoms with Crippen molar-refractivity contribution in [2.75, 3.05) is 6.54 Å². The largest absolute Gasteiger partial charge is 0.472 e. The van der Waals surface area contributed by atoms with Gasteiger partial charge < -0.3 is 9.73 Å². The Bertz CT molecular complexity index is 660. The van der Waals surface area contributed by atoms with Gasteiger partial charge in [-0.2, -0.15) is 0 Å². The summed E-state index contributed by atoms with van der Waals surface area (Å²) in [4.78, 5) is 1.06. The van der Waals surface area contributed by atoms with E-state index in [9.17, 15) is 8.42 Å². The van der Waals surface area contributed by atoms with E-state index >= 15 is 0 Å². The molecule has 0 spiro atoms. The Labute approximate surface area is 129 Å². The van der Waals surface area contributed by atoms with Crippen molar-refractivity contribution in [2.45, 2.75) is 37.6 Å². The third-order valence-corrected chi connectivity index (χ3v) is 6.13. The summed E-state index contributed by atoms with van der Waals surface area (Å²) in [7, 11) is -3.47. The van der Waals surface area contributed by atoms with Crippen LogP contribution in [0.2, 0.25) is 0 Å². The maximum absolute atomic E-state index is 12.3. The van der Waals surface area contributed by atoms with Crippen LogP contribution in [0, 0.1) is 6.92 Å². The van der Waals surface area contributed by atoms with Crippen LogP contribution < -0.4 is 10.0 Å². The molecule has 2 heterocycles. The molecule has 0 bridgehead atoms. The van der Waals surface area contributed by atoms with Gasteiger partial charge in [0.1, 0.15) is 4.21 Å². The molecule has 0 radical (unpaired) electrons. The highest BCUT2D eigenvalue weighted by Gasteiger charge is 2.18. The Morgan fingerprint density at radius 1 is 1.33 bits per heavy atom. The minimum Gasteiger partial charge on any atom is -0.472 e. The molecule has 2 aromatic rings. The van der Waals surface area contributed by atoms with E-state index in [0.717, 1.165) is 29.0 Å². The molecule has 0 aliphatic rings. The number of nitrogens with one attached hydrogen (secondary N) is 2. The molecule has 0 saturated carbocycles. The lowest BCUT2D eigenvalue weighted by Gasteiger charge is -2.03. The zero-order valence-corrected chi connectivity index (χ0v) is 13.8. The predicted molar refractivity (Wildman–Crippen MR) is 83.8 cm³/mol. The van der Waals surface area contributed by atoms with E-state index in [1.807, 2.05) is 6.92 Å². The molecule has 0 saturated heterocycles. The summed E-state index contributed by atoms with van der Waals surface area (Å²) in [6.45, 7) is 5.91. The van der Waals surface area contributed by atoms with Gasteiger partial charge in [-0.05, 0) is 37.6 Å². The van der Waals surface area contributed by atoms with Crippen LogP contribution in [0.3, 0.4) is 0 Å². The van der Waals surface area contributed by atoms with Crippen LogP contribution in [0.1, 0.15) is 29.3 Å². The summed E-state index contributed by atoms with van der Waals surface area (Å²) in [5, 5.41) is 3.29. The van der Waals surface area contributed by atoms with Crippen LogP contribution >= 0.6 is 11.3 Å². The topological polar surface area (TPSA) is 71.3 Å². The zero-order valence-electron chi connectivity index (χ0n) is 12.2. The first kappa shape index (κ1) is 16.2. The maximum Gasteiger partial charge on any atom is 0.250 e. The molecule has 5 nitrogen and oxygen atoms in total. The fourth-order valence-electron chi connectivity index (χ4n) is 1.82. The van der Waals surface area contributed by atoms with Crippen LogP contribution in [0.5, 0.6) is 0 Å². The average Bonchev–Trinajstić information content (AvgIpc) is 3.07. The Balaban J connectivity index is 2.04. The summed E-state index contributed by atoms with van der Waals surface area (Å²) in [6.07, 6.45) is 4.11. The quantitative estimate of drug-likeness (QED) is 0.731. The lowest BCUT2D eigenvalue weighted by Crippen LogP contribution is -2.22. The first-order chi connectivity index (χ1) is 10.0. The van der Waals surface area contributed by atoms with Gasteiger partial charge in [0.15, 0.2) is 0 Å². The second-order valence-corrected chi connectivity index (χ2v) is 7.94. The van der Waals surface area contributed by atoms with Gasteiger partial charge >= 0.3 is 0 Å². The maximum atomic E-state index is 12.3. The van der Waals surface area contributed by atoms with E-state index in [4.69, 9.17) is 4.42 Å². The molecule has 0 aliphatic heterocycles. The van der Waals surface area contributed by atoms with Crippen molar-refractivity contribution in [3.63, 3.8) is 0 Å². The standard InChI is InChI=1S/C14H20N2O3S2/c1-3-5-15-9-13-11(2)7-14(20-13)21(17,18)16-8-12-4-6-19-10-12/h4,6-7,10,15-16H,3,5,8-9H2,1-2H3. The summed E-state index contributed by atoms with van der Waals surface area (Å²) in [6, 6.07) is 3.47. The third-order valence-electron chi connectivity index (χ3n) is 3.02. The smallest absolute Gasteiger partial charge is 0.250 e. The molecule has 0 fully saturated rings. The first-order valence-electron chi connectivity index (χ1n) is 6.83. The molecule has 0 aliphatic carbocycles. The molecule has 7 heteroatoms. The average molecular weight is 328 g/mol. The molecule has 0 atom stereocenters. The second-order valence-electron chi connectivity index (χ2n) is 4.80. The van der Waals surface area contributed by atoms with Gasteiger partial charge in [0.05, 0.1) is 12.5 Å². The minimum absolute atomic E-state index is 0.235. The van der Waals surface area contributed by atoms with Gasteiger partial charge in [0.25, 0.3) is 0 Å². The number of sulfonamides is 1. The van der Waals surface area contributed by atoms with Crippen LogP contribution in [0.15, 0.2) is 33.3 Å². The second kappa shape index (κ2) is 7.22.